The Hall–Kier alpha value is -3.08. The lowest BCUT2D eigenvalue weighted by Crippen LogP contribution is -1.94. The molecule has 1 heterocycles. The standard InChI is InChI=1S/C16H13N3O2/c20-14-7-3-5-12(16(14)21)10-17-19-15-9-8-11-4-1-2-6-13(11)18-15/h1-10,20-21H,(H,18,19)/b17-10+. The molecule has 0 unspecified atom stereocenters. The van der Waals surface area contributed by atoms with Crippen LogP contribution in [0.4, 0.5) is 5.82 Å². The van der Waals surface area contributed by atoms with Gasteiger partial charge in [0.1, 0.15) is 5.82 Å². The topological polar surface area (TPSA) is 77.7 Å². The van der Waals surface area contributed by atoms with Gasteiger partial charge in [-0.1, -0.05) is 24.3 Å². The summed E-state index contributed by atoms with van der Waals surface area (Å²) in [5, 5.41) is 24.1. The first-order valence-corrected chi connectivity index (χ1v) is 6.40. The molecule has 1 aromatic heterocycles. The number of nitrogens with zero attached hydrogens (tertiary/aromatic N) is 2. The Balaban J connectivity index is 1.79. The number of phenolic OH excluding ortho intramolecular Hbond substituents is 2. The summed E-state index contributed by atoms with van der Waals surface area (Å²) in [6.45, 7) is 0. The van der Waals surface area contributed by atoms with Crippen molar-refractivity contribution in [1.29, 1.82) is 0 Å². The third-order valence-corrected chi connectivity index (χ3v) is 3.03. The number of aromatic hydroxyl groups is 2. The summed E-state index contributed by atoms with van der Waals surface area (Å²) >= 11 is 0. The fraction of sp³-hybridized carbons (Fsp3) is 0. The first-order valence-electron chi connectivity index (χ1n) is 6.40. The predicted molar refractivity (Wildman–Crippen MR) is 82.7 cm³/mol. The molecule has 0 aliphatic carbocycles. The smallest absolute Gasteiger partial charge is 0.166 e. The molecule has 3 rings (SSSR count). The molecule has 5 heteroatoms. The highest BCUT2D eigenvalue weighted by molar-refractivity contribution is 5.85. The van der Waals surface area contributed by atoms with E-state index in [0.29, 0.717) is 11.4 Å². The van der Waals surface area contributed by atoms with Gasteiger partial charge in [0.25, 0.3) is 0 Å². The molecule has 0 radical (unpaired) electrons. The first-order chi connectivity index (χ1) is 10.2. The second kappa shape index (κ2) is 5.50. The summed E-state index contributed by atoms with van der Waals surface area (Å²) in [6.07, 6.45) is 1.42. The highest BCUT2D eigenvalue weighted by Crippen LogP contribution is 2.26. The van der Waals surface area contributed by atoms with Gasteiger partial charge in [0.2, 0.25) is 0 Å². The van der Waals surface area contributed by atoms with Crippen molar-refractivity contribution in [3.63, 3.8) is 0 Å². The highest BCUT2D eigenvalue weighted by atomic mass is 16.3. The number of benzene rings is 2. The maximum atomic E-state index is 9.65. The summed E-state index contributed by atoms with van der Waals surface area (Å²) in [4.78, 5) is 4.41. The van der Waals surface area contributed by atoms with Gasteiger partial charge in [0.05, 0.1) is 11.7 Å². The van der Waals surface area contributed by atoms with Gasteiger partial charge in [-0.2, -0.15) is 5.10 Å². The zero-order valence-corrected chi connectivity index (χ0v) is 11.1. The van der Waals surface area contributed by atoms with E-state index in [2.05, 4.69) is 15.5 Å². The van der Waals surface area contributed by atoms with E-state index in [1.165, 1.54) is 12.3 Å². The number of rotatable bonds is 3. The van der Waals surface area contributed by atoms with Crippen LogP contribution in [0.15, 0.2) is 59.7 Å². The molecule has 0 amide bonds. The highest BCUT2D eigenvalue weighted by Gasteiger charge is 2.02. The fourth-order valence-electron chi connectivity index (χ4n) is 1.95. The van der Waals surface area contributed by atoms with Gasteiger partial charge in [0, 0.05) is 10.9 Å². The zero-order valence-electron chi connectivity index (χ0n) is 11.1. The van der Waals surface area contributed by atoms with E-state index in [1.807, 2.05) is 36.4 Å². The van der Waals surface area contributed by atoms with Crippen LogP contribution in [0.3, 0.4) is 0 Å². The van der Waals surface area contributed by atoms with Crippen molar-refractivity contribution in [3.05, 3.63) is 60.2 Å². The van der Waals surface area contributed by atoms with Gasteiger partial charge in [-0.3, -0.25) is 5.43 Å². The minimum Gasteiger partial charge on any atom is -0.504 e. The molecule has 0 spiro atoms. The van der Waals surface area contributed by atoms with Crippen LogP contribution in [-0.2, 0) is 0 Å². The number of nitrogens with one attached hydrogen (secondary N) is 1. The van der Waals surface area contributed by atoms with Crippen LogP contribution in [-0.4, -0.2) is 21.4 Å². The maximum Gasteiger partial charge on any atom is 0.166 e. The van der Waals surface area contributed by atoms with E-state index < -0.39 is 0 Å². The summed E-state index contributed by atoms with van der Waals surface area (Å²) in [5.74, 6) is 0.224. The number of hydrogen-bond acceptors (Lipinski definition) is 5. The van der Waals surface area contributed by atoms with Gasteiger partial charge in [0.15, 0.2) is 11.5 Å². The number of phenols is 2. The molecule has 0 atom stereocenters. The number of para-hydroxylation sites is 2. The molecule has 21 heavy (non-hydrogen) atoms. The molecule has 0 saturated carbocycles. The molecule has 5 nitrogen and oxygen atoms in total. The Bertz CT molecular complexity index is 815. The zero-order chi connectivity index (χ0) is 14.7. The van der Waals surface area contributed by atoms with Crippen LogP contribution in [0.1, 0.15) is 5.56 Å². The monoisotopic (exact) mass is 279 g/mol. The van der Waals surface area contributed by atoms with Crippen molar-refractivity contribution in [1.82, 2.24) is 4.98 Å². The fourth-order valence-corrected chi connectivity index (χ4v) is 1.95. The van der Waals surface area contributed by atoms with Crippen molar-refractivity contribution >= 4 is 22.9 Å². The van der Waals surface area contributed by atoms with E-state index in [9.17, 15) is 10.2 Å². The second-order valence-corrected chi connectivity index (χ2v) is 4.47. The predicted octanol–water partition coefficient (Wildman–Crippen LogP) is 3.09. The van der Waals surface area contributed by atoms with E-state index in [0.717, 1.165) is 10.9 Å². The van der Waals surface area contributed by atoms with Crippen LogP contribution in [0.5, 0.6) is 11.5 Å². The minimum atomic E-state index is -0.200. The molecule has 0 aliphatic rings. The molecule has 0 fully saturated rings. The molecule has 104 valence electrons. The average molecular weight is 279 g/mol. The Kier molecular flexibility index (Phi) is 3.39. The summed E-state index contributed by atoms with van der Waals surface area (Å²) in [6, 6.07) is 16.2. The van der Waals surface area contributed by atoms with Gasteiger partial charge >= 0.3 is 0 Å². The number of hydrogen-bond donors (Lipinski definition) is 3. The van der Waals surface area contributed by atoms with E-state index in [-0.39, 0.29) is 11.5 Å². The molecule has 3 aromatic rings. The molecular formula is C16H13N3O2. The maximum absolute atomic E-state index is 9.65. The number of hydrazone groups is 1. The van der Waals surface area contributed by atoms with Crippen LogP contribution >= 0.6 is 0 Å². The summed E-state index contributed by atoms with van der Waals surface area (Å²) < 4.78 is 0. The van der Waals surface area contributed by atoms with Gasteiger partial charge in [-0.05, 0) is 30.3 Å². The lowest BCUT2D eigenvalue weighted by Gasteiger charge is -2.03. The Labute approximate surface area is 121 Å². The SMILES string of the molecule is Oc1cccc(/C=N/Nc2ccc3ccccc3n2)c1O. The van der Waals surface area contributed by atoms with Gasteiger partial charge in [-0.15, -0.1) is 0 Å². The molecule has 0 bridgehead atoms. The van der Waals surface area contributed by atoms with Crippen molar-refractivity contribution < 1.29 is 10.2 Å². The number of aromatic nitrogens is 1. The summed E-state index contributed by atoms with van der Waals surface area (Å²) in [5.41, 5.74) is 4.09. The molecule has 3 N–H and O–H groups in total. The molecular weight excluding hydrogens is 266 g/mol. The number of pyridine rings is 1. The van der Waals surface area contributed by atoms with Gasteiger partial charge in [-0.25, -0.2) is 4.98 Å². The lowest BCUT2D eigenvalue weighted by atomic mass is 10.2. The summed E-state index contributed by atoms with van der Waals surface area (Å²) in [7, 11) is 0. The Morgan fingerprint density at radius 1 is 0.952 bits per heavy atom. The van der Waals surface area contributed by atoms with Gasteiger partial charge < -0.3 is 10.2 Å². The van der Waals surface area contributed by atoms with E-state index in [4.69, 9.17) is 0 Å². The van der Waals surface area contributed by atoms with Crippen molar-refractivity contribution in [2.45, 2.75) is 0 Å². The van der Waals surface area contributed by atoms with Crippen LogP contribution in [0.2, 0.25) is 0 Å². The third kappa shape index (κ3) is 2.76. The van der Waals surface area contributed by atoms with E-state index >= 15 is 0 Å². The first kappa shape index (κ1) is 12.9. The van der Waals surface area contributed by atoms with Crippen LogP contribution in [0.25, 0.3) is 10.9 Å². The van der Waals surface area contributed by atoms with Crippen LogP contribution < -0.4 is 5.43 Å². The second-order valence-electron chi connectivity index (χ2n) is 4.47. The quantitative estimate of drug-likeness (QED) is 0.391. The molecule has 0 aliphatic heterocycles. The van der Waals surface area contributed by atoms with Crippen molar-refractivity contribution in [3.8, 4) is 11.5 Å². The third-order valence-electron chi connectivity index (χ3n) is 3.03. The van der Waals surface area contributed by atoms with Crippen molar-refractivity contribution in [2.24, 2.45) is 5.10 Å². The van der Waals surface area contributed by atoms with Crippen LogP contribution in [0, 0.1) is 0 Å². The van der Waals surface area contributed by atoms with Crippen molar-refractivity contribution in [2.75, 3.05) is 5.43 Å². The number of fused-ring (bicyclic) bond motifs is 1. The molecule has 0 saturated heterocycles. The molecule has 2 aromatic carbocycles. The van der Waals surface area contributed by atoms with E-state index in [1.54, 1.807) is 12.1 Å². The lowest BCUT2D eigenvalue weighted by molar-refractivity contribution is 0.403. The average Bonchev–Trinajstić information content (AvgIpc) is 2.51. The Morgan fingerprint density at radius 3 is 2.71 bits per heavy atom. The normalized spacial score (nSPS) is 11.0. The minimum absolute atomic E-state index is 0.178. The largest absolute Gasteiger partial charge is 0.504 e. The Morgan fingerprint density at radius 2 is 1.81 bits per heavy atom. The number of anilines is 1.